The molecule has 14 heavy (non-hydrogen) atoms. The maximum Gasteiger partial charge on any atom is 0.315 e. The van der Waals surface area contributed by atoms with Gasteiger partial charge in [0.25, 0.3) is 0 Å². The van der Waals surface area contributed by atoms with Crippen molar-refractivity contribution in [2.45, 2.75) is 32.2 Å². The molecule has 0 aliphatic carbocycles. The summed E-state index contributed by atoms with van der Waals surface area (Å²) in [7, 11) is 0. The molecule has 4 nitrogen and oxygen atoms in total. The van der Waals surface area contributed by atoms with Gasteiger partial charge in [0.1, 0.15) is 0 Å². The number of nitrogens with zero attached hydrogens (tertiary/aromatic N) is 1. The molecule has 0 radical (unpaired) electrons. The summed E-state index contributed by atoms with van der Waals surface area (Å²) in [5, 5.41) is 0. The number of rotatable bonds is 3. The molecule has 1 rings (SSSR count). The van der Waals surface area contributed by atoms with Gasteiger partial charge in [0.2, 0.25) is 0 Å². The minimum absolute atomic E-state index is 0.152. The van der Waals surface area contributed by atoms with Crippen LogP contribution in [0.5, 0.6) is 0 Å². The minimum atomic E-state index is -0.543. The lowest BCUT2D eigenvalue weighted by Crippen LogP contribution is -2.27. The third-order valence-corrected chi connectivity index (χ3v) is 2.32. The van der Waals surface area contributed by atoms with E-state index in [4.69, 9.17) is 0 Å². The minimum Gasteiger partial charge on any atom is -0.393 e. The highest BCUT2D eigenvalue weighted by molar-refractivity contribution is 5.84. The fourth-order valence-electron chi connectivity index (χ4n) is 1.71. The van der Waals surface area contributed by atoms with Crippen LogP contribution in [0.4, 0.5) is 0 Å². The Balaban J connectivity index is 2.39. The van der Waals surface area contributed by atoms with Gasteiger partial charge in [0.15, 0.2) is 0 Å². The van der Waals surface area contributed by atoms with Gasteiger partial charge in [-0.1, -0.05) is 6.58 Å². The average Bonchev–Trinajstić information content (AvgIpc) is 2.50. The zero-order valence-corrected chi connectivity index (χ0v) is 8.36. The van der Waals surface area contributed by atoms with Crippen LogP contribution in [0.15, 0.2) is 12.8 Å². The van der Waals surface area contributed by atoms with E-state index in [0.29, 0.717) is 0 Å². The Morgan fingerprint density at radius 3 is 2.93 bits per heavy atom. The summed E-state index contributed by atoms with van der Waals surface area (Å²) in [6.45, 7) is 5.83. The van der Waals surface area contributed by atoms with Crippen LogP contribution in [0.3, 0.4) is 0 Å². The third-order valence-electron chi connectivity index (χ3n) is 2.32. The summed E-state index contributed by atoms with van der Waals surface area (Å²) in [5.41, 5.74) is 0. The predicted octanol–water partition coefficient (Wildman–Crippen LogP) is 1.07. The third kappa shape index (κ3) is 2.87. The van der Waals surface area contributed by atoms with Crippen molar-refractivity contribution < 1.29 is 14.3 Å². The number of likely N-dealkylation sites (tertiary alicyclic amines) is 1. The maximum atomic E-state index is 11.2. The normalized spacial score (nSPS) is 20.6. The summed E-state index contributed by atoms with van der Waals surface area (Å²) < 4.78 is 4.47. The Morgan fingerprint density at radius 1 is 1.64 bits per heavy atom. The van der Waals surface area contributed by atoms with Crippen LogP contribution in [-0.2, 0) is 14.3 Å². The van der Waals surface area contributed by atoms with Gasteiger partial charge in [-0.3, -0.25) is 9.59 Å². The summed E-state index contributed by atoms with van der Waals surface area (Å²) >= 11 is 0. The van der Waals surface area contributed by atoms with Crippen LogP contribution in [0.2, 0.25) is 0 Å². The number of carbonyl (C=O) groups is 2. The second kappa shape index (κ2) is 4.79. The molecule has 1 atom stereocenters. The van der Waals surface area contributed by atoms with Crippen molar-refractivity contribution >= 4 is 11.9 Å². The molecule has 0 amide bonds. The van der Waals surface area contributed by atoms with Crippen molar-refractivity contribution in [2.75, 3.05) is 6.54 Å². The van der Waals surface area contributed by atoms with E-state index in [1.165, 1.54) is 6.92 Å². The van der Waals surface area contributed by atoms with E-state index in [9.17, 15) is 9.59 Å². The zero-order chi connectivity index (χ0) is 10.6. The highest BCUT2D eigenvalue weighted by atomic mass is 16.6. The number of ether oxygens (including phenoxy) is 1. The van der Waals surface area contributed by atoms with Crippen molar-refractivity contribution in [1.82, 2.24) is 4.90 Å². The number of carbonyl (C=O) groups excluding carboxylic acids is 2. The summed E-state index contributed by atoms with van der Waals surface area (Å²) in [6, 6.07) is 0.152. The quantitative estimate of drug-likeness (QED) is 0.501. The molecule has 0 aromatic heterocycles. The molecular formula is C10H15NO3. The average molecular weight is 197 g/mol. The second-order valence-corrected chi connectivity index (χ2v) is 3.39. The molecule has 4 heteroatoms. The van der Waals surface area contributed by atoms with Crippen LogP contribution < -0.4 is 0 Å². The smallest absolute Gasteiger partial charge is 0.315 e. The fourth-order valence-corrected chi connectivity index (χ4v) is 1.71. The summed E-state index contributed by atoms with van der Waals surface area (Å²) in [4.78, 5) is 23.7. The molecule has 1 fully saturated rings. The molecule has 0 spiro atoms. The van der Waals surface area contributed by atoms with E-state index >= 15 is 0 Å². The van der Waals surface area contributed by atoms with Gasteiger partial charge >= 0.3 is 11.9 Å². The molecule has 78 valence electrons. The van der Waals surface area contributed by atoms with Gasteiger partial charge in [0, 0.05) is 19.5 Å². The van der Waals surface area contributed by atoms with Crippen LogP contribution in [0.1, 0.15) is 26.2 Å². The van der Waals surface area contributed by atoms with Crippen LogP contribution >= 0.6 is 0 Å². The first-order chi connectivity index (χ1) is 6.63. The first-order valence-electron chi connectivity index (χ1n) is 4.73. The van der Waals surface area contributed by atoms with Gasteiger partial charge < -0.3 is 9.64 Å². The zero-order valence-electron chi connectivity index (χ0n) is 8.36. The fraction of sp³-hybridized carbons (Fsp3) is 0.600. The molecule has 0 aromatic rings. The maximum absolute atomic E-state index is 11.2. The molecular weight excluding hydrogens is 182 g/mol. The van der Waals surface area contributed by atoms with Crippen molar-refractivity contribution in [3.05, 3.63) is 12.8 Å². The first-order valence-corrected chi connectivity index (χ1v) is 4.73. The monoisotopic (exact) mass is 197 g/mol. The van der Waals surface area contributed by atoms with Crippen molar-refractivity contribution in [3.8, 4) is 0 Å². The molecule has 0 N–H and O–H groups in total. The number of esters is 2. The van der Waals surface area contributed by atoms with E-state index in [1.807, 2.05) is 4.90 Å². The molecule has 1 aliphatic heterocycles. The highest BCUT2D eigenvalue weighted by Gasteiger charge is 2.24. The lowest BCUT2D eigenvalue weighted by molar-refractivity contribution is -0.158. The van der Waals surface area contributed by atoms with Crippen molar-refractivity contribution in [1.29, 1.82) is 0 Å². The Hall–Kier alpha value is -1.32. The van der Waals surface area contributed by atoms with E-state index < -0.39 is 11.9 Å². The standard InChI is InChI=1S/C10H15NO3/c1-3-11-6-4-5-9(11)7-10(13)14-8(2)12/h3,9H,1,4-7H2,2H3. The predicted molar refractivity (Wildman–Crippen MR) is 51.3 cm³/mol. The van der Waals surface area contributed by atoms with Crippen LogP contribution in [0.25, 0.3) is 0 Å². The van der Waals surface area contributed by atoms with Gasteiger partial charge in [-0.2, -0.15) is 0 Å². The van der Waals surface area contributed by atoms with E-state index in [-0.39, 0.29) is 12.5 Å². The summed E-state index contributed by atoms with van der Waals surface area (Å²) in [5.74, 6) is -0.991. The Morgan fingerprint density at radius 2 is 2.36 bits per heavy atom. The molecule has 0 saturated carbocycles. The lowest BCUT2D eigenvalue weighted by Gasteiger charge is -2.20. The molecule has 0 aromatic carbocycles. The van der Waals surface area contributed by atoms with Crippen molar-refractivity contribution in [2.24, 2.45) is 0 Å². The number of hydrogen-bond donors (Lipinski definition) is 0. The van der Waals surface area contributed by atoms with Gasteiger partial charge in [0.05, 0.1) is 6.42 Å². The molecule has 1 aliphatic rings. The summed E-state index contributed by atoms with van der Waals surface area (Å²) in [6.07, 6.45) is 4.02. The molecule has 1 heterocycles. The van der Waals surface area contributed by atoms with Gasteiger partial charge in [-0.15, -0.1) is 0 Å². The SMILES string of the molecule is C=CN1CCCC1CC(=O)OC(C)=O. The van der Waals surface area contributed by atoms with Crippen LogP contribution in [0, 0.1) is 0 Å². The van der Waals surface area contributed by atoms with Gasteiger partial charge in [-0.05, 0) is 19.0 Å². The Kier molecular flexibility index (Phi) is 3.68. The Bertz CT molecular complexity index is 250. The van der Waals surface area contributed by atoms with E-state index in [1.54, 1.807) is 6.20 Å². The second-order valence-electron chi connectivity index (χ2n) is 3.39. The first kappa shape index (κ1) is 10.8. The Labute approximate surface area is 83.5 Å². The topological polar surface area (TPSA) is 46.6 Å². The number of hydrogen-bond acceptors (Lipinski definition) is 4. The van der Waals surface area contributed by atoms with E-state index in [0.717, 1.165) is 19.4 Å². The highest BCUT2D eigenvalue weighted by Crippen LogP contribution is 2.20. The molecule has 1 unspecified atom stereocenters. The molecule has 1 saturated heterocycles. The van der Waals surface area contributed by atoms with Crippen LogP contribution in [-0.4, -0.2) is 29.4 Å². The van der Waals surface area contributed by atoms with Crippen molar-refractivity contribution in [3.63, 3.8) is 0 Å². The molecule has 0 bridgehead atoms. The van der Waals surface area contributed by atoms with Gasteiger partial charge in [-0.25, -0.2) is 0 Å². The largest absolute Gasteiger partial charge is 0.393 e. The van der Waals surface area contributed by atoms with E-state index in [2.05, 4.69) is 11.3 Å². The lowest BCUT2D eigenvalue weighted by atomic mass is 10.1.